The number of hydrogen-bond donors (Lipinski definition) is 0. The summed E-state index contributed by atoms with van der Waals surface area (Å²) < 4.78 is 5.48. The van der Waals surface area contributed by atoms with Crippen molar-refractivity contribution in [1.29, 1.82) is 5.26 Å². The maximum atomic E-state index is 9.50. The molecule has 0 fully saturated rings. The summed E-state index contributed by atoms with van der Waals surface area (Å²) in [6.45, 7) is 2.16. The smallest absolute Gasteiger partial charge is 0.109 e. The summed E-state index contributed by atoms with van der Waals surface area (Å²) >= 11 is 0. The standard InChI is InChI=1S/C25H31NO/c1-3-4-19-25(27-2)23(20-26)17-11-12-18-24(21-13-7-5-8-14-21)22-15-9-6-10-16-22/h5-10,13-16,24H,3-4,11-12,17-19H2,1-2H3. The third-order valence-electron chi connectivity index (χ3n) is 5.05. The van der Waals surface area contributed by atoms with Crippen LogP contribution in [0.5, 0.6) is 0 Å². The highest BCUT2D eigenvalue weighted by atomic mass is 16.5. The van der Waals surface area contributed by atoms with Crippen LogP contribution in [-0.4, -0.2) is 7.11 Å². The van der Waals surface area contributed by atoms with Gasteiger partial charge >= 0.3 is 0 Å². The monoisotopic (exact) mass is 361 g/mol. The Kier molecular flexibility index (Phi) is 9.21. The van der Waals surface area contributed by atoms with E-state index in [0.717, 1.165) is 56.3 Å². The summed E-state index contributed by atoms with van der Waals surface area (Å²) in [6.07, 6.45) is 7.04. The maximum Gasteiger partial charge on any atom is 0.109 e. The Bertz CT molecular complexity index is 688. The van der Waals surface area contributed by atoms with E-state index in [-0.39, 0.29) is 0 Å². The first-order chi connectivity index (χ1) is 13.3. The molecule has 27 heavy (non-hydrogen) atoms. The van der Waals surface area contributed by atoms with Crippen LogP contribution in [0.3, 0.4) is 0 Å². The molecule has 0 N–H and O–H groups in total. The van der Waals surface area contributed by atoms with Gasteiger partial charge in [0.2, 0.25) is 0 Å². The molecule has 0 heterocycles. The van der Waals surface area contributed by atoms with Crippen LogP contribution >= 0.6 is 0 Å². The molecule has 0 bridgehead atoms. The lowest BCUT2D eigenvalue weighted by atomic mass is 9.86. The quantitative estimate of drug-likeness (QED) is 0.245. The number of ether oxygens (including phenoxy) is 1. The Balaban J connectivity index is 1.99. The average molecular weight is 362 g/mol. The molecule has 0 amide bonds. The molecule has 2 heteroatoms. The Morgan fingerprint density at radius 2 is 1.48 bits per heavy atom. The van der Waals surface area contributed by atoms with Gasteiger partial charge in [-0.2, -0.15) is 5.26 Å². The van der Waals surface area contributed by atoms with Crippen LogP contribution in [0.1, 0.15) is 68.9 Å². The van der Waals surface area contributed by atoms with Gasteiger partial charge in [0.1, 0.15) is 5.76 Å². The second-order valence-corrected chi connectivity index (χ2v) is 6.94. The molecule has 0 unspecified atom stereocenters. The summed E-state index contributed by atoms with van der Waals surface area (Å²) in [5, 5.41) is 9.50. The summed E-state index contributed by atoms with van der Waals surface area (Å²) in [6, 6.07) is 23.8. The summed E-state index contributed by atoms with van der Waals surface area (Å²) in [5.74, 6) is 1.28. The highest BCUT2D eigenvalue weighted by Gasteiger charge is 2.14. The fourth-order valence-electron chi connectivity index (χ4n) is 3.52. The molecule has 0 aliphatic carbocycles. The average Bonchev–Trinajstić information content (AvgIpc) is 2.73. The van der Waals surface area contributed by atoms with Crippen molar-refractivity contribution >= 4 is 0 Å². The van der Waals surface area contributed by atoms with E-state index < -0.39 is 0 Å². The zero-order valence-corrected chi connectivity index (χ0v) is 16.7. The Morgan fingerprint density at radius 1 is 0.889 bits per heavy atom. The number of rotatable bonds is 11. The van der Waals surface area contributed by atoms with Crippen molar-refractivity contribution in [2.45, 2.75) is 57.8 Å². The molecular weight excluding hydrogens is 330 g/mol. The minimum atomic E-state index is 0.406. The molecular formula is C25H31NO. The normalized spacial score (nSPS) is 11.8. The van der Waals surface area contributed by atoms with Gasteiger partial charge in [-0.15, -0.1) is 0 Å². The number of nitrogens with zero attached hydrogens (tertiary/aromatic N) is 1. The third-order valence-corrected chi connectivity index (χ3v) is 5.05. The number of unbranched alkanes of at least 4 members (excludes halogenated alkanes) is 2. The maximum absolute atomic E-state index is 9.50. The molecule has 2 nitrogen and oxygen atoms in total. The Morgan fingerprint density at radius 3 is 1.96 bits per heavy atom. The van der Waals surface area contributed by atoms with E-state index in [0.29, 0.717) is 5.92 Å². The predicted molar refractivity (Wildman–Crippen MR) is 112 cm³/mol. The molecule has 0 radical (unpaired) electrons. The molecule has 0 atom stereocenters. The van der Waals surface area contributed by atoms with Gasteiger partial charge < -0.3 is 4.74 Å². The van der Waals surface area contributed by atoms with Crippen LogP contribution in [0, 0.1) is 11.3 Å². The SMILES string of the molecule is CCCCC(OC)=C(C#N)CCCCC(c1ccccc1)c1ccccc1. The first-order valence-corrected chi connectivity index (χ1v) is 10.1. The van der Waals surface area contributed by atoms with Gasteiger partial charge in [0.05, 0.1) is 18.8 Å². The van der Waals surface area contributed by atoms with Crippen LogP contribution in [0.2, 0.25) is 0 Å². The van der Waals surface area contributed by atoms with Crippen molar-refractivity contribution < 1.29 is 4.74 Å². The van der Waals surface area contributed by atoms with Gasteiger partial charge in [-0.05, 0) is 36.8 Å². The van der Waals surface area contributed by atoms with Gasteiger partial charge in [0.15, 0.2) is 0 Å². The van der Waals surface area contributed by atoms with Gasteiger partial charge in [-0.1, -0.05) is 80.4 Å². The Hall–Kier alpha value is -2.53. The summed E-state index contributed by atoms with van der Waals surface area (Å²) in [5.41, 5.74) is 3.54. The van der Waals surface area contributed by atoms with Crippen LogP contribution in [0.15, 0.2) is 72.0 Å². The lowest BCUT2D eigenvalue weighted by Crippen LogP contribution is -2.01. The van der Waals surface area contributed by atoms with E-state index in [4.69, 9.17) is 4.74 Å². The molecule has 0 spiro atoms. The number of allylic oxidation sites excluding steroid dienone is 2. The minimum Gasteiger partial charge on any atom is -0.500 e. The highest BCUT2D eigenvalue weighted by molar-refractivity contribution is 5.32. The fraction of sp³-hybridized carbons (Fsp3) is 0.400. The van der Waals surface area contributed by atoms with Crippen molar-refractivity contribution in [3.8, 4) is 6.07 Å². The first-order valence-electron chi connectivity index (χ1n) is 10.1. The van der Waals surface area contributed by atoms with Crippen molar-refractivity contribution in [2.24, 2.45) is 0 Å². The zero-order chi connectivity index (χ0) is 19.3. The second kappa shape index (κ2) is 12.0. The van der Waals surface area contributed by atoms with Gasteiger partial charge in [0.25, 0.3) is 0 Å². The van der Waals surface area contributed by atoms with Crippen LogP contribution in [-0.2, 0) is 4.74 Å². The number of methoxy groups -OCH3 is 1. The molecule has 0 aliphatic rings. The lowest BCUT2D eigenvalue weighted by Gasteiger charge is -2.18. The third kappa shape index (κ3) is 6.61. The molecule has 0 saturated heterocycles. The van der Waals surface area contributed by atoms with E-state index in [2.05, 4.69) is 73.7 Å². The molecule has 0 aliphatic heterocycles. The van der Waals surface area contributed by atoms with Gasteiger partial charge in [-0.25, -0.2) is 0 Å². The molecule has 2 aromatic carbocycles. The number of hydrogen-bond acceptors (Lipinski definition) is 2. The number of nitriles is 1. The molecule has 0 aromatic heterocycles. The fourth-order valence-corrected chi connectivity index (χ4v) is 3.52. The number of benzene rings is 2. The highest BCUT2D eigenvalue weighted by Crippen LogP contribution is 2.30. The van der Waals surface area contributed by atoms with Crippen molar-refractivity contribution in [1.82, 2.24) is 0 Å². The van der Waals surface area contributed by atoms with Crippen LogP contribution in [0.4, 0.5) is 0 Å². The molecule has 2 aromatic rings. The van der Waals surface area contributed by atoms with Gasteiger partial charge in [-0.3, -0.25) is 0 Å². The topological polar surface area (TPSA) is 33.0 Å². The molecule has 2 rings (SSSR count). The van der Waals surface area contributed by atoms with Crippen molar-refractivity contribution in [3.05, 3.63) is 83.1 Å². The largest absolute Gasteiger partial charge is 0.500 e. The lowest BCUT2D eigenvalue weighted by molar-refractivity contribution is 0.269. The Labute approximate surface area is 164 Å². The second-order valence-electron chi connectivity index (χ2n) is 6.94. The zero-order valence-electron chi connectivity index (χ0n) is 16.7. The molecule has 0 saturated carbocycles. The van der Waals surface area contributed by atoms with Gasteiger partial charge in [0, 0.05) is 12.3 Å². The summed E-state index contributed by atoms with van der Waals surface area (Å²) in [4.78, 5) is 0. The van der Waals surface area contributed by atoms with Crippen LogP contribution in [0.25, 0.3) is 0 Å². The van der Waals surface area contributed by atoms with E-state index >= 15 is 0 Å². The van der Waals surface area contributed by atoms with E-state index in [1.54, 1.807) is 7.11 Å². The predicted octanol–water partition coefficient (Wildman–Crippen LogP) is 6.99. The van der Waals surface area contributed by atoms with E-state index in [1.807, 2.05) is 0 Å². The molecule has 142 valence electrons. The van der Waals surface area contributed by atoms with Crippen molar-refractivity contribution in [3.63, 3.8) is 0 Å². The first kappa shape index (κ1) is 20.8. The summed E-state index contributed by atoms with van der Waals surface area (Å²) in [7, 11) is 1.68. The van der Waals surface area contributed by atoms with Crippen molar-refractivity contribution in [2.75, 3.05) is 7.11 Å². The minimum absolute atomic E-state index is 0.406. The van der Waals surface area contributed by atoms with E-state index in [1.165, 1.54) is 11.1 Å². The van der Waals surface area contributed by atoms with E-state index in [9.17, 15) is 5.26 Å². The van der Waals surface area contributed by atoms with Crippen LogP contribution < -0.4 is 0 Å².